The van der Waals surface area contributed by atoms with Gasteiger partial charge < -0.3 is 4.74 Å². The molecule has 5 rings (SSSR count). The highest BCUT2D eigenvalue weighted by Gasteiger charge is 2.29. The third kappa shape index (κ3) is 5.60. The van der Waals surface area contributed by atoms with Crippen LogP contribution in [0.3, 0.4) is 0 Å². The summed E-state index contributed by atoms with van der Waals surface area (Å²) in [6, 6.07) is 21.7. The number of hydrogen-bond acceptors (Lipinski definition) is 6. The molecular formula is C29H31N3O4S2. The lowest BCUT2D eigenvalue weighted by Crippen LogP contribution is -2.37. The van der Waals surface area contributed by atoms with E-state index in [1.807, 2.05) is 55.5 Å². The van der Waals surface area contributed by atoms with E-state index in [9.17, 15) is 13.2 Å². The van der Waals surface area contributed by atoms with Gasteiger partial charge in [-0.1, -0.05) is 48.6 Å². The first-order valence-corrected chi connectivity index (χ1v) is 15.1. The maximum atomic E-state index is 13.8. The van der Waals surface area contributed by atoms with Crippen LogP contribution in [-0.4, -0.2) is 43.3 Å². The van der Waals surface area contributed by atoms with Gasteiger partial charge in [0, 0.05) is 18.7 Å². The standard InChI is InChI=1S/C29H31N3O4S2/c1-3-36-24-11-14-26-27(19-24)37-29(30-26)32(20-22-7-5-4-6-8-22)28(33)23-9-12-25(13-10-23)38(34,35)31-17-15-21(2)16-18-31/h4-14,19,21H,3,15-18,20H2,1-2H3. The largest absolute Gasteiger partial charge is 0.494 e. The number of rotatable bonds is 8. The number of hydrogen-bond donors (Lipinski definition) is 0. The molecule has 38 heavy (non-hydrogen) atoms. The second-order valence-corrected chi connectivity index (χ2v) is 12.5. The van der Waals surface area contributed by atoms with E-state index in [2.05, 4.69) is 6.92 Å². The molecule has 1 saturated heterocycles. The molecule has 0 atom stereocenters. The maximum absolute atomic E-state index is 13.8. The second kappa shape index (κ2) is 11.2. The van der Waals surface area contributed by atoms with E-state index in [-0.39, 0.29) is 10.8 Å². The van der Waals surface area contributed by atoms with Gasteiger partial charge in [-0.3, -0.25) is 9.69 Å². The fourth-order valence-corrected chi connectivity index (χ4v) is 7.02. The number of piperidine rings is 1. The highest BCUT2D eigenvalue weighted by atomic mass is 32.2. The molecule has 9 heteroatoms. The Labute approximate surface area is 227 Å². The predicted molar refractivity (Wildman–Crippen MR) is 151 cm³/mol. The first-order chi connectivity index (χ1) is 18.3. The molecule has 1 aliphatic heterocycles. The van der Waals surface area contributed by atoms with E-state index < -0.39 is 10.0 Å². The molecule has 0 N–H and O–H groups in total. The average Bonchev–Trinajstić information content (AvgIpc) is 3.36. The van der Waals surface area contributed by atoms with E-state index in [0.29, 0.717) is 42.9 Å². The number of aromatic nitrogens is 1. The SMILES string of the molecule is CCOc1ccc2nc(N(Cc3ccccc3)C(=O)c3ccc(S(=O)(=O)N4CCC(C)CC4)cc3)sc2c1. The van der Waals surface area contributed by atoms with Crippen LogP contribution in [0, 0.1) is 5.92 Å². The van der Waals surface area contributed by atoms with Crippen LogP contribution < -0.4 is 9.64 Å². The first-order valence-electron chi connectivity index (χ1n) is 12.8. The van der Waals surface area contributed by atoms with Crippen molar-refractivity contribution < 1.29 is 17.9 Å². The van der Waals surface area contributed by atoms with Crippen LogP contribution in [0.25, 0.3) is 10.2 Å². The Morgan fingerprint density at radius 3 is 2.45 bits per heavy atom. The lowest BCUT2D eigenvalue weighted by Gasteiger charge is -2.29. The zero-order chi connectivity index (χ0) is 26.7. The molecule has 0 spiro atoms. The average molecular weight is 550 g/mol. The zero-order valence-electron chi connectivity index (χ0n) is 21.5. The highest BCUT2D eigenvalue weighted by molar-refractivity contribution is 7.89. The van der Waals surface area contributed by atoms with Crippen molar-refractivity contribution in [2.45, 2.75) is 38.1 Å². The fraction of sp³-hybridized carbons (Fsp3) is 0.310. The van der Waals surface area contributed by atoms with Crippen molar-refractivity contribution >= 4 is 42.6 Å². The number of ether oxygens (including phenoxy) is 1. The molecule has 1 aliphatic rings. The molecule has 0 bridgehead atoms. The van der Waals surface area contributed by atoms with Gasteiger partial charge in [-0.05, 0) is 73.7 Å². The lowest BCUT2D eigenvalue weighted by atomic mass is 10.0. The van der Waals surface area contributed by atoms with Gasteiger partial charge in [-0.25, -0.2) is 13.4 Å². The Kier molecular flexibility index (Phi) is 7.78. The molecule has 198 valence electrons. The number of benzene rings is 3. The smallest absolute Gasteiger partial charge is 0.260 e. The van der Waals surface area contributed by atoms with Gasteiger partial charge in [0.05, 0.1) is 28.3 Å². The van der Waals surface area contributed by atoms with Crippen LogP contribution in [0.5, 0.6) is 5.75 Å². The summed E-state index contributed by atoms with van der Waals surface area (Å²) in [5.74, 6) is 1.05. The molecule has 1 fully saturated rings. The van der Waals surface area contributed by atoms with Crippen molar-refractivity contribution in [3.63, 3.8) is 0 Å². The number of amides is 1. The van der Waals surface area contributed by atoms with Crippen molar-refractivity contribution in [3.05, 3.63) is 83.9 Å². The summed E-state index contributed by atoms with van der Waals surface area (Å²) >= 11 is 1.43. The van der Waals surface area contributed by atoms with Crippen molar-refractivity contribution in [2.75, 3.05) is 24.6 Å². The maximum Gasteiger partial charge on any atom is 0.260 e. The highest BCUT2D eigenvalue weighted by Crippen LogP contribution is 2.33. The summed E-state index contributed by atoms with van der Waals surface area (Å²) < 4.78 is 34.4. The van der Waals surface area contributed by atoms with E-state index in [4.69, 9.17) is 9.72 Å². The Morgan fingerprint density at radius 2 is 1.76 bits per heavy atom. The Morgan fingerprint density at radius 1 is 1.05 bits per heavy atom. The number of fused-ring (bicyclic) bond motifs is 1. The third-order valence-electron chi connectivity index (χ3n) is 6.80. The third-order valence-corrected chi connectivity index (χ3v) is 9.75. The minimum atomic E-state index is -3.59. The molecule has 0 aliphatic carbocycles. The molecule has 0 saturated carbocycles. The van der Waals surface area contributed by atoms with Crippen LogP contribution in [0.15, 0.2) is 77.7 Å². The summed E-state index contributed by atoms with van der Waals surface area (Å²) in [6.45, 7) is 6.04. The van der Waals surface area contributed by atoms with Crippen LogP contribution >= 0.6 is 11.3 Å². The zero-order valence-corrected chi connectivity index (χ0v) is 23.2. The summed E-state index contributed by atoms with van der Waals surface area (Å²) in [4.78, 5) is 20.4. The van der Waals surface area contributed by atoms with Gasteiger partial charge in [-0.2, -0.15) is 4.31 Å². The number of carbonyl (C=O) groups excluding carboxylic acids is 1. The number of thiazole rings is 1. The van der Waals surface area contributed by atoms with Crippen LogP contribution in [0.1, 0.15) is 42.6 Å². The molecule has 1 aromatic heterocycles. The van der Waals surface area contributed by atoms with Crippen LogP contribution in [0.4, 0.5) is 5.13 Å². The molecular weight excluding hydrogens is 518 g/mol. The summed E-state index contributed by atoms with van der Waals surface area (Å²) in [5.41, 5.74) is 2.16. The molecule has 2 heterocycles. The van der Waals surface area contributed by atoms with Crippen molar-refractivity contribution in [1.82, 2.24) is 9.29 Å². The Hall–Kier alpha value is -3.27. The van der Waals surface area contributed by atoms with Crippen molar-refractivity contribution in [1.29, 1.82) is 0 Å². The van der Waals surface area contributed by atoms with Gasteiger partial charge in [0.1, 0.15) is 5.75 Å². The van der Waals surface area contributed by atoms with Crippen LogP contribution in [0.2, 0.25) is 0 Å². The van der Waals surface area contributed by atoms with Crippen LogP contribution in [-0.2, 0) is 16.6 Å². The number of nitrogens with zero attached hydrogens (tertiary/aromatic N) is 3. The quantitative estimate of drug-likeness (QED) is 0.271. The predicted octanol–water partition coefficient (Wildman–Crippen LogP) is 5.96. The Balaban J connectivity index is 1.44. The van der Waals surface area contributed by atoms with Gasteiger partial charge >= 0.3 is 0 Å². The fourth-order valence-electron chi connectivity index (χ4n) is 4.56. The van der Waals surface area contributed by atoms with Gasteiger partial charge in [0.15, 0.2) is 5.13 Å². The van der Waals surface area contributed by atoms with E-state index in [1.165, 1.54) is 23.5 Å². The van der Waals surface area contributed by atoms with E-state index in [0.717, 1.165) is 34.4 Å². The number of carbonyl (C=O) groups is 1. The topological polar surface area (TPSA) is 79.8 Å². The normalized spacial score (nSPS) is 15.0. The summed E-state index contributed by atoms with van der Waals surface area (Å²) in [7, 11) is -3.59. The second-order valence-electron chi connectivity index (χ2n) is 9.55. The summed E-state index contributed by atoms with van der Waals surface area (Å²) in [6.07, 6.45) is 1.72. The molecule has 1 amide bonds. The Bertz CT molecular complexity index is 1510. The molecule has 0 radical (unpaired) electrons. The minimum absolute atomic E-state index is 0.210. The minimum Gasteiger partial charge on any atom is -0.494 e. The molecule has 0 unspecified atom stereocenters. The van der Waals surface area contributed by atoms with Gasteiger partial charge in [0.25, 0.3) is 5.91 Å². The lowest BCUT2D eigenvalue weighted by molar-refractivity contribution is 0.0985. The first kappa shape index (κ1) is 26.3. The number of sulfonamides is 1. The molecule has 7 nitrogen and oxygen atoms in total. The monoisotopic (exact) mass is 549 g/mol. The van der Waals surface area contributed by atoms with Gasteiger partial charge in [-0.15, -0.1) is 0 Å². The molecule has 4 aromatic rings. The van der Waals surface area contributed by atoms with Crippen molar-refractivity contribution in [3.8, 4) is 5.75 Å². The molecule has 3 aromatic carbocycles. The number of anilines is 1. The van der Waals surface area contributed by atoms with E-state index >= 15 is 0 Å². The van der Waals surface area contributed by atoms with Gasteiger partial charge in [0.2, 0.25) is 10.0 Å². The summed E-state index contributed by atoms with van der Waals surface area (Å²) in [5, 5.41) is 0.571. The van der Waals surface area contributed by atoms with E-state index in [1.54, 1.807) is 21.3 Å². The van der Waals surface area contributed by atoms with Crippen molar-refractivity contribution in [2.24, 2.45) is 5.92 Å².